The summed E-state index contributed by atoms with van der Waals surface area (Å²) in [5.74, 6) is 2.26. The molecule has 0 aromatic carbocycles. The summed E-state index contributed by atoms with van der Waals surface area (Å²) in [6, 6.07) is 0. The number of rotatable bonds is 2. The van der Waals surface area contributed by atoms with Crippen molar-refractivity contribution >= 4 is 29.5 Å². The number of thioether (sulfide) groups is 2. The maximum Gasteiger partial charge on any atom is 0.307 e. The van der Waals surface area contributed by atoms with Gasteiger partial charge in [0.15, 0.2) is 0 Å². The number of methoxy groups -OCH3 is 1. The summed E-state index contributed by atoms with van der Waals surface area (Å²) in [7, 11) is 1.44. The third kappa shape index (κ3) is 2.42. The number of hydrogen-bond donors (Lipinski definition) is 0. The summed E-state index contributed by atoms with van der Waals surface area (Å²) < 4.78 is 5.00. The van der Waals surface area contributed by atoms with Crippen molar-refractivity contribution in [3.63, 3.8) is 0 Å². The molecule has 0 bridgehead atoms. The summed E-state index contributed by atoms with van der Waals surface area (Å²) in [4.78, 5) is 10.7. The van der Waals surface area contributed by atoms with Crippen LogP contribution in [0.4, 0.5) is 0 Å². The van der Waals surface area contributed by atoms with Gasteiger partial charge in [0.1, 0.15) is 0 Å². The van der Waals surface area contributed by atoms with Gasteiger partial charge >= 0.3 is 5.97 Å². The van der Waals surface area contributed by atoms with E-state index in [1.165, 1.54) is 18.6 Å². The zero-order valence-corrected chi connectivity index (χ0v) is 7.46. The predicted molar refractivity (Wildman–Crippen MR) is 45.3 cm³/mol. The fourth-order valence-electron chi connectivity index (χ4n) is 0.744. The van der Waals surface area contributed by atoms with Crippen LogP contribution in [-0.2, 0) is 9.53 Å². The lowest BCUT2D eigenvalue weighted by Gasteiger charge is -2.03. The topological polar surface area (TPSA) is 26.3 Å². The molecule has 1 aliphatic rings. The van der Waals surface area contributed by atoms with Gasteiger partial charge in [-0.3, -0.25) is 4.79 Å². The number of ether oxygens (including phenoxy) is 1. The molecular formula is C6H10O2S2. The highest BCUT2D eigenvalue weighted by molar-refractivity contribution is 8.20. The molecule has 0 aromatic rings. The van der Waals surface area contributed by atoms with Crippen LogP contribution in [-0.4, -0.2) is 29.2 Å². The molecule has 0 aliphatic carbocycles. The first-order valence-corrected chi connectivity index (χ1v) is 5.22. The van der Waals surface area contributed by atoms with Crippen LogP contribution in [0.15, 0.2) is 0 Å². The lowest BCUT2D eigenvalue weighted by Crippen LogP contribution is -2.06. The highest BCUT2D eigenvalue weighted by atomic mass is 32.2. The van der Waals surface area contributed by atoms with Crippen LogP contribution >= 0.6 is 23.5 Å². The van der Waals surface area contributed by atoms with E-state index in [0.29, 0.717) is 11.0 Å². The van der Waals surface area contributed by atoms with Gasteiger partial charge in [-0.1, -0.05) is 0 Å². The Labute approximate surface area is 69.1 Å². The van der Waals surface area contributed by atoms with Crippen molar-refractivity contribution in [1.82, 2.24) is 0 Å². The van der Waals surface area contributed by atoms with Crippen LogP contribution < -0.4 is 0 Å². The maximum absolute atomic E-state index is 10.7. The largest absolute Gasteiger partial charge is 0.469 e. The Kier molecular flexibility index (Phi) is 3.42. The van der Waals surface area contributed by atoms with Crippen molar-refractivity contribution in [1.29, 1.82) is 0 Å². The molecule has 4 heteroatoms. The van der Waals surface area contributed by atoms with E-state index >= 15 is 0 Å². The number of hydrogen-bond acceptors (Lipinski definition) is 4. The predicted octanol–water partition coefficient (Wildman–Crippen LogP) is 1.36. The summed E-state index contributed by atoms with van der Waals surface area (Å²) in [5, 5.41) is 0. The van der Waals surface area contributed by atoms with Gasteiger partial charge in [-0.2, -0.15) is 0 Å². The number of carbonyl (C=O) groups excluding carboxylic acids is 1. The van der Waals surface area contributed by atoms with Crippen LogP contribution in [0.1, 0.15) is 6.42 Å². The van der Waals surface area contributed by atoms with Crippen molar-refractivity contribution < 1.29 is 9.53 Å². The minimum Gasteiger partial charge on any atom is -0.469 e. The van der Waals surface area contributed by atoms with Crippen LogP contribution in [0.5, 0.6) is 0 Å². The second-order valence-corrected chi connectivity index (χ2v) is 4.87. The quantitative estimate of drug-likeness (QED) is 0.596. The highest BCUT2D eigenvalue weighted by Gasteiger charge is 2.19. The molecule has 1 heterocycles. The Morgan fingerprint density at radius 3 is 2.70 bits per heavy atom. The van der Waals surface area contributed by atoms with Gasteiger partial charge in [0, 0.05) is 11.5 Å². The first-order valence-electron chi connectivity index (χ1n) is 3.13. The van der Waals surface area contributed by atoms with E-state index in [1.807, 2.05) is 23.5 Å². The van der Waals surface area contributed by atoms with E-state index in [2.05, 4.69) is 4.74 Å². The molecule has 0 N–H and O–H groups in total. The summed E-state index contributed by atoms with van der Waals surface area (Å²) in [6.45, 7) is 0. The molecule has 0 aromatic heterocycles. The Morgan fingerprint density at radius 1 is 1.60 bits per heavy atom. The van der Waals surface area contributed by atoms with Crippen molar-refractivity contribution in [2.24, 2.45) is 0 Å². The maximum atomic E-state index is 10.7. The smallest absolute Gasteiger partial charge is 0.307 e. The van der Waals surface area contributed by atoms with Gasteiger partial charge in [0.25, 0.3) is 0 Å². The van der Waals surface area contributed by atoms with Crippen LogP contribution in [0.2, 0.25) is 0 Å². The average Bonchev–Trinajstić information content (AvgIpc) is 2.40. The van der Waals surface area contributed by atoms with Gasteiger partial charge in [-0.15, -0.1) is 23.5 Å². The fraction of sp³-hybridized carbons (Fsp3) is 0.833. The highest BCUT2D eigenvalue weighted by Crippen LogP contribution is 2.34. The lowest BCUT2D eigenvalue weighted by atomic mass is 10.5. The Hall–Kier alpha value is 0.170. The molecule has 0 amide bonds. The number of esters is 1. The molecule has 0 unspecified atom stereocenters. The number of carbonyl (C=O) groups is 1. The molecular weight excluding hydrogens is 168 g/mol. The second kappa shape index (κ2) is 4.13. The van der Waals surface area contributed by atoms with Crippen LogP contribution in [0, 0.1) is 0 Å². The van der Waals surface area contributed by atoms with Gasteiger partial charge in [0.05, 0.1) is 18.1 Å². The van der Waals surface area contributed by atoms with E-state index < -0.39 is 0 Å². The van der Waals surface area contributed by atoms with Crippen molar-refractivity contribution in [3.05, 3.63) is 0 Å². The SMILES string of the molecule is COC(=O)CC1SCCS1. The lowest BCUT2D eigenvalue weighted by molar-refractivity contribution is -0.140. The minimum atomic E-state index is -0.0908. The zero-order chi connectivity index (χ0) is 7.40. The summed E-state index contributed by atoms with van der Waals surface area (Å²) in [6.07, 6.45) is 0.561. The van der Waals surface area contributed by atoms with Crippen molar-refractivity contribution in [3.8, 4) is 0 Å². The average molecular weight is 178 g/mol. The molecule has 1 fully saturated rings. The van der Waals surface area contributed by atoms with Gasteiger partial charge < -0.3 is 4.74 Å². The van der Waals surface area contributed by atoms with E-state index in [4.69, 9.17) is 0 Å². The van der Waals surface area contributed by atoms with Crippen molar-refractivity contribution in [2.75, 3.05) is 18.6 Å². The monoisotopic (exact) mass is 178 g/mol. The molecule has 0 saturated carbocycles. The van der Waals surface area contributed by atoms with Crippen LogP contribution in [0.25, 0.3) is 0 Å². The summed E-state index contributed by atoms with van der Waals surface area (Å²) in [5.41, 5.74) is 0. The fourth-order valence-corrected chi connectivity index (χ4v) is 3.51. The van der Waals surface area contributed by atoms with Gasteiger partial charge in [0.2, 0.25) is 0 Å². The third-order valence-electron chi connectivity index (χ3n) is 1.25. The van der Waals surface area contributed by atoms with E-state index in [1.54, 1.807) is 0 Å². The molecule has 0 spiro atoms. The molecule has 2 nitrogen and oxygen atoms in total. The minimum absolute atomic E-state index is 0.0908. The first-order chi connectivity index (χ1) is 4.83. The molecule has 58 valence electrons. The van der Waals surface area contributed by atoms with Crippen molar-refractivity contribution in [2.45, 2.75) is 11.0 Å². The first kappa shape index (κ1) is 8.27. The second-order valence-electron chi connectivity index (χ2n) is 1.95. The Balaban J connectivity index is 2.17. The molecule has 0 radical (unpaired) electrons. The molecule has 1 saturated heterocycles. The van der Waals surface area contributed by atoms with Gasteiger partial charge in [-0.05, 0) is 0 Å². The van der Waals surface area contributed by atoms with E-state index in [-0.39, 0.29) is 5.97 Å². The summed E-state index contributed by atoms with van der Waals surface area (Å²) >= 11 is 3.70. The zero-order valence-electron chi connectivity index (χ0n) is 5.83. The molecule has 1 rings (SSSR count). The third-order valence-corrected chi connectivity index (χ3v) is 4.28. The van der Waals surface area contributed by atoms with E-state index in [9.17, 15) is 4.79 Å². The molecule has 0 atom stereocenters. The standard InChI is InChI=1S/C6H10O2S2/c1-8-5(7)4-6-9-2-3-10-6/h6H,2-4H2,1H3. The molecule has 1 aliphatic heterocycles. The van der Waals surface area contributed by atoms with Gasteiger partial charge in [-0.25, -0.2) is 0 Å². The van der Waals surface area contributed by atoms with E-state index in [0.717, 1.165) is 0 Å². The Bertz CT molecular complexity index is 121. The normalized spacial score (nSPS) is 19.3. The molecule has 10 heavy (non-hydrogen) atoms. The Morgan fingerprint density at radius 2 is 2.20 bits per heavy atom. The van der Waals surface area contributed by atoms with Crippen LogP contribution in [0.3, 0.4) is 0 Å².